The quantitative estimate of drug-likeness (QED) is 0.631. The Labute approximate surface area is 107 Å². The molecule has 0 saturated heterocycles. The molecule has 0 heterocycles. The van der Waals surface area contributed by atoms with Crippen molar-refractivity contribution in [3.05, 3.63) is 29.3 Å². The van der Waals surface area contributed by atoms with Crippen LogP contribution >= 0.6 is 0 Å². The van der Waals surface area contributed by atoms with Crippen LogP contribution in [0.25, 0.3) is 0 Å². The zero-order valence-corrected chi connectivity index (χ0v) is 10.8. The van der Waals surface area contributed by atoms with E-state index >= 15 is 0 Å². The lowest BCUT2D eigenvalue weighted by atomic mass is 10.1. The first-order valence-corrected chi connectivity index (χ1v) is 5.43. The van der Waals surface area contributed by atoms with E-state index in [1.807, 2.05) is 18.2 Å². The van der Waals surface area contributed by atoms with Crippen molar-refractivity contribution in [1.29, 1.82) is 0 Å². The van der Waals surface area contributed by atoms with Crippen molar-refractivity contribution in [2.75, 3.05) is 14.1 Å². The molecule has 1 aliphatic rings. The zero-order chi connectivity index (χ0) is 11.7. The Morgan fingerprint density at radius 2 is 2.18 bits per heavy atom. The van der Waals surface area contributed by atoms with Crippen LogP contribution in [0.1, 0.15) is 23.6 Å². The number of fused-ring (bicyclic) bond motifs is 1. The Bertz CT molecular complexity index is 421. The monoisotopic (exact) mass is 256 g/mol. The molecule has 1 unspecified atom stereocenters. The molecule has 1 aromatic carbocycles. The summed E-state index contributed by atoms with van der Waals surface area (Å²) in [7, 11) is 3.33. The second-order valence-corrected chi connectivity index (χ2v) is 4.36. The summed E-state index contributed by atoms with van der Waals surface area (Å²) in [4.78, 5) is 12.8. The van der Waals surface area contributed by atoms with E-state index in [1.165, 1.54) is 16.0 Å². The summed E-state index contributed by atoms with van der Waals surface area (Å²) in [6, 6.07) is 6.13. The average molecular weight is 257 g/mol. The largest absolute Gasteiger partial charge is 1.00 e. The SMILES string of the molecule is CN(C)C(=O)Oc1ccc2c(c1)C([NH3+])CC2.[Cl-]. The Kier molecular flexibility index (Phi) is 4.37. The number of quaternary nitrogens is 1. The summed E-state index contributed by atoms with van der Waals surface area (Å²) in [6.07, 6.45) is 1.81. The van der Waals surface area contributed by atoms with Crippen LogP contribution in [0, 0.1) is 0 Å². The third kappa shape index (κ3) is 2.90. The van der Waals surface area contributed by atoms with E-state index in [0.717, 1.165) is 12.8 Å². The van der Waals surface area contributed by atoms with Crippen molar-refractivity contribution < 1.29 is 27.7 Å². The van der Waals surface area contributed by atoms with Crippen molar-refractivity contribution in [2.24, 2.45) is 0 Å². The van der Waals surface area contributed by atoms with Gasteiger partial charge in [-0.3, -0.25) is 0 Å². The molecule has 0 bridgehead atoms. The van der Waals surface area contributed by atoms with Crippen molar-refractivity contribution >= 4 is 6.09 Å². The number of hydrogen-bond acceptors (Lipinski definition) is 2. The summed E-state index contributed by atoms with van der Waals surface area (Å²) in [5.74, 6) is 0.605. The number of rotatable bonds is 1. The maximum atomic E-state index is 11.4. The topological polar surface area (TPSA) is 57.2 Å². The molecule has 3 N–H and O–H groups in total. The van der Waals surface area contributed by atoms with Crippen LogP contribution in [0.15, 0.2) is 18.2 Å². The average Bonchev–Trinajstić information content (AvgIpc) is 2.60. The molecule has 0 saturated carbocycles. The van der Waals surface area contributed by atoms with Crippen LogP contribution in [-0.2, 0) is 6.42 Å². The first kappa shape index (κ1) is 13.8. The Hall–Kier alpha value is -1.26. The summed E-state index contributed by atoms with van der Waals surface area (Å²) in [5, 5.41) is 0. The van der Waals surface area contributed by atoms with E-state index in [0.29, 0.717) is 11.8 Å². The molecule has 0 aromatic heterocycles. The predicted molar refractivity (Wildman–Crippen MR) is 60.1 cm³/mol. The van der Waals surface area contributed by atoms with Gasteiger partial charge in [0, 0.05) is 26.1 Å². The zero-order valence-electron chi connectivity index (χ0n) is 10.1. The van der Waals surface area contributed by atoms with Crippen LogP contribution in [0.5, 0.6) is 5.75 Å². The fourth-order valence-corrected chi connectivity index (χ4v) is 1.92. The van der Waals surface area contributed by atoms with Gasteiger partial charge in [-0.2, -0.15) is 0 Å². The van der Waals surface area contributed by atoms with Crippen molar-refractivity contribution in [3.8, 4) is 5.75 Å². The molecule has 17 heavy (non-hydrogen) atoms. The predicted octanol–water partition coefficient (Wildman–Crippen LogP) is -2.02. The molecule has 0 fully saturated rings. The Morgan fingerprint density at radius 3 is 2.82 bits per heavy atom. The minimum Gasteiger partial charge on any atom is -1.00 e. The maximum Gasteiger partial charge on any atom is 0.414 e. The minimum absolute atomic E-state index is 0. The summed E-state index contributed by atoms with van der Waals surface area (Å²) in [5.41, 5.74) is 6.62. The van der Waals surface area contributed by atoms with Crippen molar-refractivity contribution in [2.45, 2.75) is 18.9 Å². The number of aryl methyl sites for hydroxylation is 1. The van der Waals surface area contributed by atoms with Crippen LogP contribution in [0.4, 0.5) is 4.79 Å². The van der Waals surface area contributed by atoms with Gasteiger partial charge in [0.1, 0.15) is 11.8 Å². The number of hydrogen-bond donors (Lipinski definition) is 1. The number of halogens is 1. The molecule has 94 valence electrons. The van der Waals surface area contributed by atoms with Gasteiger partial charge < -0.3 is 27.8 Å². The molecule has 0 spiro atoms. The lowest BCUT2D eigenvalue weighted by molar-refractivity contribution is -0.425. The molecule has 1 aliphatic carbocycles. The first-order chi connectivity index (χ1) is 7.58. The lowest BCUT2D eigenvalue weighted by Gasteiger charge is -2.11. The molecule has 5 heteroatoms. The van der Waals surface area contributed by atoms with Gasteiger partial charge in [0.05, 0.1) is 0 Å². The third-order valence-electron chi connectivity index (χ3n) is 2.89. The van der Waals surface area contributed by atoms with Crippen LogP contribution in [0.3, 0.4) is 0 Å². The normalized spacial score (nSPS) is 17.0. The molecule has 4 nitrogen and oxygen atoms in total. The van der Waals surface area contributed by atoms with Crippen molar-refractivity contribution in [1.82, 2.24) is 4.90 Å². The standard InChI is InChI=1S/C12H16N2O2.ClH/c1-14(2)12(15)16-9-5-3-8-4-6-11(13)10(8)7-9;/h3,5,7,11H,4,6,13H2,1-2H3;1H. The first-order valence-electron chi connectivity index (χ1n) is 5.43. The summed E-state index contributed by atoms with van der Waals surface area (Å²) < 4.78 is 5.21. The highest BCUT2D eigenvalue weighted by molar-refractivity contribution is 5.70. The van der Waals surface area contributed by atoms with Gasteiger partial charge in [0.25, 0.3) is 0 Å². The van der Waals surface area contributed by atoms with Crippen LogP contribution < -0.4 is 22.9 Å². The van der Waals surface area contributed by atoms with Gasteiger partial charge in [-0.25, -0.2) is 4.79 Å². The highest BCUT2D eigenvalue weighted by Crippen LogP contribution is 2.31. The molecule has 1 atom stereocenters. The molecule has 1 amide bonds. The maximum absolute atomic E-state index is 11.4. The van der Waals surface area contributed by atoms with Gasteiger partial charge in [-0.1, -0.05) is 6.07 Å². The Morgan fingerprint density at radius 1 is 1.47 bits per heavy atom. The highest BCUT2D eigenvalue weighted by atomic mass is 35.5. The Balaban J connectivity index is 0.00000144. The fourth-order valence-electron chi connectivity index (χ4n) is 1.92. The lowest BCUT2D eigenvalue weighted by Crippen LogP contribution is -3.00. The van der Waals surface area contributed by atoms with Gasteiger partial charge in [0.2, 0.25) is 0 Å². The number of amides is 1. The van der Waals surface area contributed by atoms with Gasteiger partial charge in [0.15, 0.2) is 0 Å². The van der Waals surface area contributed by atoms with Gasteiger partial charge >= 0.3 is 6.09 Å². The second kappa shape index (κ2) is 5.38. The minimum atomic E-state index is -0.349. The number of carbonyl (C=O) groups is 1. The molecular formula is C12H17ClN2O2. The number of carbonyl (C=O) groups excluding carboxylic acids is 1. The number of nitrogens with zero attached hydrogens (tertiary/aromatic N) is 1. The van der Waals surface area contributed by atoms with E-state index in [-0.39, 0.29) is 18.5 Å². The van der Waals surface area contributed by atoms with E-state index in [9.17, 15) is 4.79 Å². The van der Waals surface area contributed by atoms with Gasteiger partial charge in [-0.15, -0.1) is 0 Å². The van der Waals surface area contributed by atoms with Crippen LogP contribution in [0.2, 0.25) is 0 Å². The number of ether oxygens (including phenoxy) is 1. The summed E-state index contributed by atoms with van der Waals surface area (Å²) in [6.45, 7) is 0. The highest BCUT2D eigenvalue weighted by Gasteiger charge is 2.22. The molecular weight excluding hydrogens is 240 g/mol. The molecule has 1 aromatic rings. The third-order valence-corrected chi connectivity index (χ3v) is 2.89. The second-order valence-electron chi connectivity index (χ2n) is 4.36. The van der Waals surface area contributed by atoms with Crippen molar-refractivity contribution in [3.63, 3.8) is 0 Å². The van der Waals surface area contributed by atoms with E-state index < -0.39 is 0 Å². The van der Waals surface area contributed by atoms with E-state index in [1.54, 1.807) is 14.1 Å². The number of benzene rings is 1. The summed E-state index contributed by atoms with van der Waals surface area (Å²) >= 11 is 0. The molecule has 0 radical (unpaired) electrons. The fraction of sp³-hybridized carbons (Fsp3) is 0.417. The molecule has 2 rings (SSSR count). The van der Waals surface area contributed by atoms with E-state index in [2.05, 4.69) is 5.73 Å². The molecule has 0 aliphatic heterocycles. The van der Waals surface area contributed by atoms with E-state index in [4.69, 9.17) is 4.74 Å². The smallest absolute Gasteiger partial charge is 0.414 e. The van der Waals surface area contributed by atoms with Gasteiger partial charge in [-0.05, 0) is 24.1 Å². The van der Waals surface area contributed by atoms with Crippen LogP contribution in [-0.4, -0.2) is 25.1 Å².